The lowest BCUT2D eigenvalue weighted by Gasteiger charge is -2.28. The maximum atomic E-state index is 14.5. The zero-order valence-electron chi connectivity index (χ0n) is 17.4. The predicted octanol–water partition coefficient (Wildman–Crippen LogP) is 4.75. The second-order valence-corrected chi connectivity index (χ2v) is 9.50. The van der Waals surface area contributed by atoms with E-state index in [2.05, 4.69) is 17.2 Å². The number of anilines is 1. The molecule has 2 unspecified atom stereocenters. The van der Waals surface area contributed by atoms with Crippen LogP contribution < -0.4 is 5.32 Å². The van der Waals surface area contributed by atoms with Gasteiger partial charge in [0.05, 0.1) is 21.3 Å². The number of carbonyl (C=O) groups excluding carboxylic acids is 1. The van der Waals surface area contributed by atoms with Gasteiger partial charge in [-0.3, -0.25) is 4.79 Å². The fourth-order valence-electron chi connectivity index (χ4n) is 4.06. The van der Waals surface area contributed by atoms with Crippen molar-refractivity contribution in [2.75, 3.05) is 5.32 Å². The smallest absolute Gasteiger partial charge is 0.369 e. The molecule has 1 aliphatic heterocycles. The van der Waals surface area contributed by atoms with Crippen LogP contribution in [-0.2, 0) is 27.2 Å². The van der Waals surface area contributed by atoms with E-state index >= 15 is 0 Å². The molecule has 9 heteroatoms. The number of hydrogen-bond donors (Lipinski definition) is 2. The molecule has 1 amide bonds. The molecule has 1 saturated carbocycles. The molecule has 33 heavy (non-hydrogen) atoms. The molecule has 172 valence electrons. The minimum atomic E-state index is -4.65. The van der Waals surface area contributed by atoms with Gasteiger partial charge in [-0.05, 0) is 73.4 Å². The molecular weight excluding hydrogens is 458 g/mol. The van der Waals surface area contributed by atoms with Gasteiger partial charge in [0.1, 0.15) is 5.82 Å². The first-order chi connectivity index (χ1) is 15.5. The number of rotatable bonds is 5. The molecule has 2 aromatic carbocycles. The zero-order chi connectivity index (χ0) is 24.0. The summed E-state index contributed by atoms with van der Waals surface area (Å²) in [5.74, 6) is 3.24. The van der Waals surface area contributed by atoms with E-state index in [4.69, 9.17) is 0 Å². The van der Waals surface area contributed by atoms with Crippen LogP contribution in [-0.4, -0.2) is 20.8 Å². The summed E-state index contributed by atoms with van der Waals surface area (Å²) >= 11 is 0. The van der Waals surface area contributed by atoms with Gasteiger partial charge in [-0.1, -0.05) is 5.92 Å². The van der Waals surface area contributed by atoms with Gasteiger partial charge in [0.2, 0.25) is 5.60 Å². The van der Waals surface area contributed by atoms with E-state index in [1.807, 2.05) is 0 Å². The molecule has 2 atom stereocenters. The molecular formula is C24H19F4NO3S. The SMILES string of the molecule is CC#CC(O)(CC1(c2cc(C(F)(F)F)ccc2F)CC1)C(=O)Nc1ccc2c(c1)C=CS2=O. The molecule has 4 rings (SSSR count). The van der Waals surface area contributed by atoms with Crippen LogP contribution in [0.1, 0.15) is 42.9 Å². The van der Waals surface area contributed by atoms with Crippen LogP contribution in [0.3, 0.4) is 0 Å². The minimum absolute atomic E-state index is 0.188. The Hall–Kier alpha value is -2.96. The van der Waals surface area contributed by atoms with E-state index in [1.54, 1.807) is 18.2 Å². The molecule has 2 aliphatic rings. The summed E-state index contributed by atoms with van der Waals surface area (Å²) < 4.78 is 65.9. The van der Waals surface area contributed by atoms with Crippen molar-refractivity contribution in [2.45, 2.75) is 48.3 Å². The molecule has 2 N–H and O–H groups in total. The van der Waals surface area contributed by atoms with Crippen molar-refractivity contribution in [3.8, 4) is 11.8 Å². The van der Waals surface area contributed by atoms with Gasteiger partial charge in [-0.2, -0.15) is 13.2 Å². The normalized spacial score (nSPS) is 19.8. The lowest BCUT2D eigenvalue weighted by Crippen LogP contribution is -2.44. The minimum Gasteiger partial charge on any atom is -0.369 e. The number of amides is 1. The Kier molecular flexibility index (Phi) is 5.71. The second kappa shape index (κ2) is 8.12. The van der Waals surface area contributed by atoms with E-state index in [0.29, 0.717) is 35.1 Å². The largest absolute Gasteiger partial charge is 0.416 e. The number of halogens is 4. The molecule has 0 spiro atoms. The Labute approximate surface area is 190 Å². The monoisotopic (exact) mass is 477 g/mol. The quantitative estimate of drug-likeness (QED) is 0.483. The lowest BCUT2D eigenvalue weighted by molar-refractivity contribution is -0.137. The fourth-order valence-corrected chi connectivity index (χ4v) is 5.04. The number of aliphatic hydroxyl groups is 1. The second-order valence-electron chi connectivity index (χ2n) is 8.19. The first-order valence-electron chi connectivity index (χ1n) is 10.1. The third-order valence-corrected chi connectivity index (χ3v) is 7.06. The molecule has 0 radical (unpaired) electrons. The summed E-state index contributed by atoms with van der Waals surface area (Å²) in [6.45, 7) is 1.41. The Morgan fingerprint density at radius 1 is 1.21 bits per heavy atom. The van der Waals surface area contributed by atoms with Crippen LogP contribution in [0, 0.1) is 17.7 Å². The number of benzene rings is 2. The molecule has 2 aromatic rings. The zero-order valence-corrected chi connectivity index (χ0v) is 18.2. The highest BCUT2D eigenvalue weighted by Gasteiger charge is 2.53. The van der Waals surface area contributed by atoms with Gasteiger partial charge in [-0.25, -0.2) is 8.60 Å². The number of hydrogen-bond acceptors (Lipinski definition) is 3. The van der Waals surface area contributed by atoms with Crippen LogP contribution in [0.25, 0.3) is 6.08 Å². The molecule has 1 fully saturated rings. The van der Waals surface area contributed by atoms with Crippen molar-refractivity contribution in [1.29, 1.82) is 0 Å². The van der Waals surface area contributed by atoms with Gasteiger partial charge < -0.3 is 10.4 Å². The summed E-state index contributed by atoms with van der Waals surface area (Å²) in [7, 11) is -1.26. The van der Waals surface area contributed by atoms with Gasteiger partial charge in [-0.15, -0.1) is 5.92 Å². The van der Waals surface area contributed by atoms with Crippen LogP contribution in [0.2, 0.25) is 0 Å². The molecule has 0 aromatic heterocycles. The van der Waals surface area contributed by atoms with E-state index in [1.165, 1.54) is 18.4 Å². The third kappa shape index (κ3) is 4.45. The summed E-state index contributed by atoms with van der Waals surface area (Å²) in [4.78, 5) is 13.6. The average molecular weight is 477 g/mol. The molecule has 1 heterocycles. The van der Waals surface area contributed by atoms with Crippen LogP contribution in [0.4, 0.5) is 23.2 Å². The summed E-state index contributed by atoms with van der Waals surface area (Å²) in [6.07, 6.45) is -2.75. The maximum absolute atomic E-state index is 14.5. The summed E-state index contributed by atoms with van der Waals surface area (Å²) in [5, 5.41) is 15.2. The topological polar surface area (TPSA) is 66.4 Å². The highest BCUT2D eigenvalue weighted by Crippen LogP contribution is 2.55. The Bertz CT molecular complexity index is 1250. The number of carbonyl (C=O) groups is 1. The van der Waals surface area contributed by atoms with Crippen molar-refractivity contribution in [3.05, 3.63) is 64.3 Å². The average Bonchev–Trinajstić information content (AvgIpc) is 3.42. The van der Waals surface area contributed by atoms with Gasteiger partial charge in [0.15, 0.2) is 0 Å². The van der Waals surface area contributed by atoms with E-state index in [-0.39, 0.29) is 12.0 Å². The molecule has 0 saturated heterocycles. The predicted molar refractivity (Wildman–Crippen MR) is 116 cm³/mol. The number of fused-ring (bicyclic) bond motifs is 1. The van der Waals surface area contributed by atoms with Crippen LogP contribution >= 0.6 is 0 Å². The highest BCUT2D eigenvalue weighted by molar-refractivity contribution is 7.88. The number of alkyl halides is 3. The molecule has 4 nitrogen and oxygen atoms in total. The third-order valence-electron chi connectivity index (χ3n) is 5.88. The van der Waals surface area contributed by atoms with Gasteiger partial charge in [0.25, 0.3) is 5.91 Å². The van der Waals surface area contributed by atoms with Crippen molar-refractivity contribution >= 4 is 28.5 Å². The Morgan fingerprint density at radius 3 is 2.58 bits per heavy atom. The van der Waals surface area contributed by atoms with Gasteiger partial charge >= 0.3 is 6.18 Å². The first kappa shape index (κ1) is 23.2. The standard InChI is InChI=1S/C24H19F4NO3S/c1-2-8-23(31,21(30)29-17-4-6-20-15(12-17)7-11-33(20)32)14-22(9-10-22)18-13-16(24(26,27)28)3-5-19(18)25/h3-7,11-13,31H,9-10,14H2,1H3,(H,29,30). The number of nitrogens with one attached hydrogen (secondary N) is 1. The highest BCUT2D eigenvalue weighted by atomic mass is 32.2. The summed E-state index contributed by atoms with van der Waals surface area (Å²) in [6, 6.07) is 6.87. The maximum Gasteiger partial charge on any atom is 0.416 e. The van der Waals surface area contributed by atoms with Crippen LogP contribution in [0.15, 0.2) is 46.7 Å². The van der Waals surface area contributed by atoms with Crippen molar-refractivity contribution < 1.29 is 31.7 Å². The Morgan fingerprint density at radius 2 is 1.94 bits per heavy atom. The molecule has 0 bridgehead atoms. The van der Waals surface area contributed by atoms with E-state index in [0.717, 1.165) is 12.1 Å². The van der Waals surface area contributed by atoms with Crippen molar-refractivity contribution in [2.24, 2.45) is 0 Å². The lowest BCUT2D eigenvalue weighted by atomic mass is 9.82. The van der Waals surface area contributed by atoms with E-state index in [9.17, 15) is 31.7 Å². The van der Waals surface area contributed by atoms with E-state index < -0.39 is 45.3 Å². The first-order valence-corrected chi connectivity index (χ1v) is 11.3. The van der Waals surface area contributed by atoms with Crippen LogP contribution in [0.5, 0.6) is 0 Å². The van der Waals surface area contributed by atoms with Gasteiger partial charge in [0, 0.05) is 22.9 Å². The van der Waals surface area contributed by atoms with Crippen molar-refractivity contribution in [3.63, 3.8) is 0 Å². The Balaban J connectivity index is 1.62. The van der Waals surface area contributed by atoms with Crippen molar-refractivity contribution in [1.82, 2.24) is 0 Å². The summed E-state index contributed by atoms with van der Waals surface area (Å²) in [5.41, 5.74) is -3.60. The fraction of sp³-hybridized carbons (Fsp3) is 0.292. The molecule has 1 aliphatic carbocycles.